The van der Waals surface area contributed by atoms with Gasteiger partial charge in [-0.25, -0.2) is 0 Å². The van der Waals surface area contributed by atoms with E-state index in [0.29, 0.717) is 38.0 Å². The predicted octanol–water partition coefficient (Wildman–Crippen LogP) is 4.85. The van der Waals surface area contributed by atoms with Crippen molar-refractivity contribution in [3.8, 4) is 17.6 Å². The molecule has 0 bridgehead atoms. The first-order valence-corrected chi connectivity index (χ1v) is 12.2. The third-order valence-electron chi connectivity index (χ3n) is 7.24. The fourth-order valence-corrected chi connectivity index (χ4v) is 5.00. The number of methoxy groups -OCH3 is 1. The van der Waals surface area contributed by atoms with Crippen LogP contribution < -0.4 is 9.47 Å². The van der Waals surface area contributed by atoms with E-state index >= 15 is 0 Å². The molecule has 2 fully saturated rings. The van der Waals surface area contributed by atoms with Crippen molar-refractivity contribution < 1.29 is 19.0 Å². The number of likely N-dealkylation sites (N-methyl/N-ethyl adjacent to an activating group) is 1. The summed E-state index contributed by atoms with van der Waals surface area (Å²) in [6.07, 6.45) is 7.37. The van der Waals surface area contributed by atoms with Crippen LogP contribution >= 0.6 is 0 Å². The molecule has 0 atom stereocenters. The van der Waals surface area contributed by atoms with Crippen LogP contribution in [0.25, 0.3) is 0 Å². The Kier molecular flexibility index (Phi) is 8.81. The lowest BCUT2D eigenvalue weighted by molar-refractivity contribution is -0.150. The summed E-state index contributed by atoms with van der Waals surface area (Å²) in [5, 5.41) is 10.1. The largest absolute Gasteiger partial charge is 0.493 e. The first-order chi connectivity index (χ1) is 15.5. The zero-order valence-corrected chi connectivity index (χ0v) is 19.9. The number of carbonyl (C=O) groups excluding carboxylic acids is 1. The van der Waals surface area contributed by atoms with Gasteiger partial charge in [0, 0.05) is 6.54 Å². The molecule has 0 spiro atoms. The number of hydrogen-bond acceptors (Lipinski definition) is 6. The number of benzene rings is 1. The van der Waals surface area contributed by atoms with Crippen LogP contribution in [0.1, 0.15) is 70.8 Å². The third-order valence-corrected chi connectivity index (χ3v) is 7.24. The molecule has 1 aromatic carbocycles. The molecule has 0 aromatic heterocycles. The minimum absolute atomic E-state index is 0.122. The average molecular weight is 443 g/mol. The molecule has 32 heavy (non-hydrogen) atoms. The van der Waals surface area contributed by atoms with E-state index in [2.05, 4.69) is 24.8 Å². The second-order valence-electron chi connectivity index (χ2n) is 9.05. The number of ether oxygens (including phenoxy) is 3. The lowest BCUT2D eigenvalue weighted by Crippen LogP contribution is -2.34. The first kappa shape index (κ1) is 24.4. The Balaban J connectivity index is 1.63. The summed E-state index contributed by atoms with van der Waals surface area (Å²) in [5.41, 5.74) is 0.361. The second-order valence-corrected chi connectivity index (χ2v) is 9.05. The van der Waals surface area contributed by atoms with Gasteiger partial charge in [-0.2, -0.15) is 5.26 Å². The van der Waals surface area contributed by atoms with E-state index in [0.717, 1.165) is 43.8 Å². The molecule has 2 aliphatic rings. The quantitative estimate of drug-likeness (QED) is 0.482. The maximum absolute atomic E-state index is 12.6. The van der Waals surface area contributed by atoms with Gasteiger partial charge in [-0.1, -0.05) is 19.9 Å². The number of carbonyl (C=O) groups is 1. The molecule has 0 radical (unpaired) electrons. The summed E-state index contributed by atoms with van der Waals surface area (Å²) in [6, 6.07) is 8.45. The van der Waals surface area contributed by atoms with Crippen LogP contribution in [0.5, 0.6) is 11.5 Å². The van der Waals surface area contributed by atoms with Crippen molar-refractivity contribution in [2.24, 2.45) is 5.92 Å². The van der Waals surface area contributed by atoms with Gasteiger partial charge in [0.2, 0.25) is 0 Å². The molecule has 2 saturated carbocycles. The number of hydrogen-bond donors (Lipinski definition) is 0. The highest BCUT2D eigenvalue weighted by Crippen LogP contribution is 2.44. The molecule has 0 N–H and O–H groups in total. The molecule has 0 aliphatic heterocycles. The molecule has 0 saturated heterocycles. The minimum atomic E-state index is -0.599. The molecule has 6 nitrogen and oxygen atoms in total. The van der Waals surface area contributed by atoms with Crippen molar-refractivity contribution in [1.82, 2.24) is 4.90 Å². The standard InChI is InChI=1S/C26H38N2O4/c1-4-28(5-2)16-17-31-25(29)20-12-14-26(19-27,15-13-20)21-10-11-23(30-3)24(18-21)32-22-8-6-7-9-22/h10-11,18,20,22H,4-9,12-17H2,1-3H3. The van der Waals surface area contributed by atoms with Crippen LogP contribution in [-0.2, 0) is 14.9 Å². The van der Waals surface area contributed by atoms with E-state index in [-0.39, 0.29) is 18.0 Å². The zero-order chi connectivity index (χ0) is 23.0. The van der Waals surface area contributed by atoms with Crippen molar-refractivity contribution in [3.63, 3.8) is 0 Å². The molecule has 0 heterocycles. The highest BCUT2D eigenvalue weighted by molar-refractivity contribution is 5.72. The predicted molar refractivity (Wildman–Crippen MR) is 124 cm³/mol. The summed E-state index contributed by atoms with van der Waals surface area (Å²) in [5.74, 6) is 1.19. The van der Waals surface area contributed by atoms with Gasteiger partial charge in [0.15, 0.2) is 11.5 Å². The Morgan fingerprint density at radius 2 is 1.81 bits per heavy atom. The first-order valence-electron chi connectivity index (χ1n) is 12.2. The van der Waals surface area contributed by atoms with Crippen LogP contribution in [0.2, 0.25) is 0 Å². The van der Waals surface area contributed by atoms with Gasteiger partial charge in [0.25, 0.3) is 0 Å². The highest BCUT2D eigenvalue weighted by atomic mass is 16.5. The molecular formula is C26H38N2O4. The van der Waals surface area contributed by atoms with E-state index in [9.17, 15) is 10.1 Å². The summed E-state index contributed by atoms with van der Waals surface area (Å²) in [6.45, 7) is 7.32. The van der Waals surface area contributed by atoms with E-state index in [1.807, 2.05) is 18.2 Å². The van der Waals surface area contributed by atoms with E-state index in [1.165, 1.54) is 12.8 Å². The minimum Gasteiger partial charge on any atom is -0.493 e. The van der Waals surface area contributed by atoms with Gasteiger partial charge in [-0.05, 0) is 82.2 Å². The number of rotatable bonds is 10. The molecule has 0 unspecified atom stereocenters. The van der Waals surface area contributed by atoms with E-state index in [1.54, 1.807) is 7.11 Å². The smallest absolute Gasteiger partial charge is 0.308 e. The third kappa shape index (κ3) is 5.75. The van der Waals surface area contributed by atoms with Gasteiger partial charge < -0.3 is 19.1 Å². The van der Waals surface area contributed by atoms with Gasteiger partial charge >= 0.3 is 5.97 Å². The van der Waals surface area contributed by atoms with Crippen molar-refractivity contribution in [2.45, 2.75) is 76.7 Å². The Bertz CT molecular complexity index is 786. The Morgan fingerprint density at radius 3 is 2.41 bits per heavy atom. The van der Waals surface area contributed by atoms with Gasteiger partial charge in [0.1, 0.15) is 6.61 Å². The van der Waals surface area contributed by atoms with Crippen molar-refractivity contribution in [3.05, 3.63) is 23.8 Å². The maximum Gasteiger partial charge on any atom is 0.308 e. The topological polar surface area (TPSA) is 71.8 Å². The lowest BCUT2D eigenvalue weighted by Gasteiger charge is -2.35. The normalized spacial score (nSPS) is 23.7. The van der Waals surface area contributed by atoms with Crippen LogP contribution in [0.15, 0.2) is 18.2 Å². The highest BCUT2D eigenvalue weighted by Gasteiger charge is 2.40. The van der Waals surface area contributed by atoms with Crippen LogP contribution in [0.3, 0.4) is 0 Å². The number of nitrogens with zero attached hydrogens (tertiary/aromatic N) is 2. The fraction of sp³-hybridized carbons (Fsp3) is 0.692. The fourth-order valence-electron chi connectivity index (χ4n) is 5.00. The SMILES string of the molecule is CCN(CC)CCOC(=O)C1CCC(C#N)(c2ccc(OC)c(OC3CCCC3)c2)CC1. The Labute approximate surface area is 192 Å². The molecule has 1 aromatic rings. The van der Waals surface area contributed by atoms with Crippen molar-refractivity contribution in [2.75, 3.05) is 33.4 Å². The van der Waals surface area contributed by atoms with Crippen LogP contribution in [-0.4, -0.2) is 50.3 Å². The molecule has 0 amide bonds. The Hall–Kier alpha value is -2.26. The monoisotopic (exact) mass is 442 g/mol. The molecule has 176 valence electrons. The van der Waals surface area contributed by atoms with E-state index < -0.39 is 5.41 Å². The van der Waals surface area contributed by atoms with Gasteiger partial charge in [0.05, 0.1) is 30.6 Å². The second kappa shape index (κ2) is 11.6. The summed E-state index contributed by atoms with van der Waals surface area (Å²) in [4.78, 5) is 14.8. The molecule has 3 rings (SSSR count). The summed E-state index contributed by atoms with van der Waals surface area (Å²) < 4.78 is 17.3. The summed E-state index contributed by atoms with van der Waals surface area (Å²) in [7, 11) is 1.65. The van der Waals surface area contributed by atoms with Crippen molar-refractivity contribution >= 4 is 5.97 Å². The van der Waals surface area contributed by atoms with Crippen LogP contribution in [0, 0.1) is 17.2 Å². The van der Waals surface area contributed by atoms with E-state index in [4.69, 9.17) is 14.2 Å². The summed E-state index contributed by atoms with van der Waals surface area (Å²) >= 11 is 0. The molecule has 2 aliphatic carbocycles. The number of nitriles is 1. The van der Waals surface area contributed by atoms with Gasteiger partial charge in [-0.15, -0.1) is 0 Å². The molecule has 6 heteroatoms. The number of esters is 1. The van der Waals surface area contributed by atoms with Gasteiger partial charge in [-0.3, -0.25) is 4.79 Å². The lowest BCUT2D eigenvalue weighted by atomic mass is 9.67. The molecular weight excluding hydrogens is 404 g/mol. The maximum atomic E-state index is 12.6. The van der Waals surface area contributed by atoms with Crippen molar-refractivity contribution in [1.29, 1.82) is 5.26 Å². The Morgan fingerprint density at radius 1 is 1.12 bits per heavy atom. The zero-order valence-electron chi connectivity index (χ0n) is 19.9. The van der Waals surface area contributed by atoms with Crippen LogP contribution in [0.4, 0.5) is 0 Å². The average Bonchev–Trinajstić information content (AvgIpc) is 3.35.